The Morgan fingerprint density at radius 3 is 2.63 bits per heavy atom. The quantitative estimate of drug-likeness (QED) is 0.548. The molecule has 0 saturated carbocycles. The van der Waals surface area contributed by atoms with Gasteiger partial charge in [-0.1, -0.05) is 36.4 Å². The van der Waals surface area contributed by atoms with Crippen molar-refractivity contribution >= 4 is 28.3 Å². The smallest absolute Gasteiger partial charge is 0.286 e. The van der Waals surface area contributed by atoms with Gasteiger partial charge < -0.3 is 15.5 Å². The zero-order valence-electron chi connectivity index (χ0n) is 14.5. The van der Waals surface area contributed by atoms with Gasteiger partial charge in [0.05, 0.1) is 11.1 Å². The lowest BCUT2D eigenvalue weighted by molar-refractivity contribution is 0.0977. The molecule has 2 aromatic carbocycles. The van der Waals surface area contributed by atoms with Crippen LogP contribution in [-0.4, -0.2) is 10.9 Å². The SMILES string of the molecule is Cc1ccc(Nc2c(C(N)=O)oc3c(-c4ccccc4)cncc23)c(F)c1. The van der Waals surface area contributed by atoms with E-state index >= 15 is 0 Å². The number of carbonyl (C=O) groups excluding carboxylic acids is 1. The highest BCUT2D eigenvalue weighted by molar-refractivity contribution is 6.09. The Morgan fingerprint density at radius 2 is 1.93 bits per heavy atom. The third kappa shape index (κ3) is 3.01. The van der Waals surface area contributed by atoms with Crippen LogP contribution in [0.15, 0.2) is 65.3 Å². The second kappa shape index (κ2) is 6.57. The van der Waals surface area contributed by atoms with Crippen LogP contribution in [0.25, 0.3) is 22.1 Å². The predicted octanol–water partition coefficient (Wildman–Crippen LogP) is 4.78. The molecule has 4 aromatic rings. The molecule has 0 aliphatic carbocycles. The Bertz CT molecular complexity index is 1150. The fourth-order valence-electron chi connectivity index (χ4n) is 2.99. The molecule has 6 heteroatoms. The minimum atomic E-state index is -0.750. The molecule has 0 saturated heterocycles. The van der Waals surface area contributed by atoms with Gasteiger partial charge in [0.15, 0.2) is 0 Å². The number of pyridine rings is 1. The van der Waals surface area contributed by atoms with Crippen LogP contribution in [-0.2, 0) is 0 Å². The minimum Gasteiger partial charge on any atom is -0.448 e. The molecule has 4 rings (SSSR count). The summed E-state index contributed by atoms with van der Waals surface area (Å²) in [6, 6.07) is 14.3. The lowest BCUT2D eigenvalue weighted by Crippen LogP contribution is -2.11. The van der Waals surface area contributed by atoms with E-state index in [9.17, 15) is 9.18 Å². The average Bonchev–Trinajstić information content (AvgIpc) is 3.03. The molecule has 0 radical (unpaired) electrons. The van der Waals surface area contributed by atoms with E-state index in [-0.39, 0.29) is 11.4 Å². The number of aryl methyl sites for hydroxylation is 1. The van der Waals surface area contributed by atoms with Crippen molar-refractivity contribution in [2.24, 2.45) is 5.73 Å². The number of amides is 1. The van der Waals surface area contributed by atoms with E-state index in [0.717, 1.165) is 11.1 Å². The normalized spacial score (nSPS) is 10.9. The Hall–Kier alpha value is -3.67. The molecule has 134 valence electrons. The van der Waals surface area contributed by atoms with Gasteiger partial charge in [0, 0.05) is 18.0 Å². The lowest BCUT2D eigenvalue weighted by atomic mass is 10.1. The zero-order valence-corrected chi connectivity index (χ0v) is 14.5. The van der Waals surface area contributed by atoms with Crippen LogP contribution in [0, 0.1) is 12.7 Å². The number of hydrogen-bond donors (Lipinski definition) is 2. The van der Waals surface area contributed by atoms with Crippen LogP contribution < -0.4 is 11.1 Å². The van der Waals surface area contributed by atoms with Crippen molar-refractivity contribution in [3.05, 3.63) is 78.1 Å². The third-order valence-electron chi connectivity index (χ3n) is 4.29. The average molecular weight is 361 g/mol. The highest BCUT2D eigenvalue weighted by Gasteiger charge is 2.22. The van der Waals surface area contributed by atoms with Gasteiger partial charge >= 0.3 is 0 Å². The summed E-state index contributed by atoms with van der Waals surface area (Å²) in [6.45, 7) is 1.80. The first-order chi connectivity index (χ1) is 13.0. The molecule has 0 fully saturated rings. The number of aromatic nitrogens is 1. The van der Waals surface area contributed by atoms with Crippen molar-refractivity contribution in [3.8, 4) is 11.1 Å². The molecule has 0 aliphatic heterocycles. The van der Waals surface area contributed by atoms with Gasteiger partial charge in [-0.3, -0.25) is 9.78 Å². The van der Waals surface area contributed by atoms with Crippen molar-refractivity contribution in [1.29, 1.82) is 0 Å². The summed E-state index contributed by atoms with van der Waals surface area (Å²) in [5, 5.41) is 3.49. The fourth-order valence-corrected chi connectivity index (χ4v) is 2.99. The van der Waals surface area contributed by atoms with Crippen molar-refractivity contribution in [2.45, 2.75) is 6.92 Å². The van der Waals surface area contributed by atoms with Crippen molar-refractivity contribution in [2.75, 3.05) is 5.32 Å². The number of halogens is 1. The highest BCUT2D eigenvalue weighted by Crippen LogP contribution is 2.38. The number of nitrogens with one attached hydrogen (secondary N) is 1. The van der Waals surface area contributed by atoms with Gasteiger partial charge in [-0.25, -0.2) is 4.39 Å². The standard InChI is InChI=1S/C21H16FN3O2/c1-12-7-8-17(16(22)9-12)25-18-15-11-24-10-14(13-5-3-2-4-6-13)19(15)27-20(18)21(23)26/h2-11,25H,1H3,(H2,23,26). The number of fused-ring (bicyclic) bond motifs is 1. The first-order valence-electron chi connectivity index (χ1n) is 8.33. The molecule has 27 heavy (non-hydrogen) atoms. The first-order valence-corrected chi connectivity index (χ1v) is 8.33. The van der Waals surface area contributed by atoms with Crippen molar-refractivity contribution < 1.29 is 13.6 Å². The molecule has 0 spiro atoms. The van der Waals surface area contributed by atoms with Crippen LogP contribution in [0.1, 0.15) is 16.1 Å². The van der Waals surface area contributed by atoms with Crippen molar-refractivity contribution in [1.82, 2.24) is 4.98 Å². The summed E-state index contributed by atoms with van der Waals surface area (Å²) >= 11 is 0. The van der Waals surface area contributed by atoms with Crippen LogP contribution in [0.5, 0.6) is 0 Å². The summed E-state index contributed by atoms with van der Waals surface area (Å²) in [5.41, 5.74) is 8.86. The van der Waals surface area contributed by atoms with Gasteiger partial charge in [-0.15, -0.1) is 0 Å². The molecule has 1 amide bonds. The predicted molar refractivity (Wildman–Crippen MR) is 102 cm³/mol. The number of nitrogens with two attached hydrogens (primary N) is 1. The van der Waals surface area contributed by atoms with Crippen LogP contribution in [0.4, 0.5) is 15.8 Å². The molecule has 5 nitrogen and oxygen atoms in total. The zero-order chi connectivity index (χ0) is 19.0. The van der Waals surface area contributed by atoms with Crippen LogP contribution >= 0.6 is 0 Å². The number of furan rings is 1. The maximum atomic E-state index is 14.3. The van der Waals surface area contributed by atoms with Crippen LogP contribution in [0.2, 0.25) is 0 Å². The van der Waals surface area contributed by atoms with E-state index < -0.39 is 11.7 Å². The van der Waals surface area contributed by atoms with Crippen LogP contribution in [0.3, 0.4) is 0 Å². The number of anilines is 2. The highest BCUT2D eigenvalue weighted by atomic mass is 19.1. The Kier molecular flexibility index (Phi) is 4.08. The van der Waals surface area contributed by atoms with Gasteiger partial charge in [0.1, 0.15) is 17.1 Å². The van der Waals surface area contributed by atoms with Gasteiger partial charge in [-0.05, 0) is 30.2 Å². The molecular formula is C21H16FN3O2. The maximum Gasteiger partial charge on any atom is 0.286 e. The first kappa shape index (κ1) is 16.8. The molecule has 0 aliphatic rings. The topological polar surface area (TPSA) is 81.1 Å². The summed E-state index contributed by atoms with van der Waals surface area (Å²) in [4.78, 5) is 16.2. The molecule has 0 unspecified atom stereocenters. The molecule has 0 atom stereocenters. The van der Waals surface area contributed by atoms with Crippen molar-refractivity contribution in [3.63, 3.8) is 0 Å². The Labute approximate surface area is 154 Å². The second-order valence-electron chi connectivity index (χ2n) is 6.21. The summed E-state index contributed by atoms with van der Waals surface area (Å²) in [6.07, 6.45) is 3.22. The van der Waals surface area contributed by atoms with E-state index in [1.54, 1.807) is 31.5 Å². The summed E-state index contributed by atoms with van der Waals surface area (Å²) in [7, 11) is 0. The number of benzene rings is 2. The number of nitrogens with zero attached hydrogens (tertiary/aromatic N) is 1. The van der Waals surface area contributed by atoms with E-state index in [4.69, 9.17) is 10.2 Å². The molecule has 2 aromatic heterocycles. The Balaban J connectivity index is 1.92. The molecule has 2 heterocycles. The number of carbonyl (C=O) groups is 1. The lowest BCUT2D eigenvalue weighted by Gasteiger charge is -2.08. The van der Waals surface area contributed by atoms with Gasteiger partial charge in [-0.2, -0.15) is 0 Å². The van der Waals surface area contributed by atoms with E-state index in [1.807, 2.05) is 30.3 Å². The van der Waals surface area contributed by atoms with E-state index in [0.29, 0.717) is 22.2 Å². The molecule has 3 N–H and O–H groups in total. The van der Waals surface area contributed by atoms with Gasteiger partial charge in [0.2, 0.25) is 5.76 Å². The third-order valence-corrected chi connectivity index (χ3v) is 4.29. The monoisotopic (exact) mass is 361 g/mol. The summed E-state index contributed by atoms with van der Waals surface area (Å²) in [5.74, 6) is -1.26. The molecular weight excluding hydrogens is 345 g/mol. The summed E-state index contributed by atoms with van der Waals surface area (Å²) < 4.78 is 20.1. The van der Waals surface area contributed by atoms with E-state index in [2.05, 4.69) is 10.3 Å². The molecule has 0 bridgehead atoms. The Morgan fingerprint density at radius 1 is 1.15 bits per heavy atom. The van der Waals surface area contributed by atoms with E-state index in [1.165, 1.54) is 6.07 Å². The number of rotatable bonds is 4. The largest absolute Gasteiger partial charge is 0.448 e. The number of primary amides is 1. The van der Waals surface area contributed by atoms with Gasteiger partial charge in [0.25, 0.3) is 5.91 Å². The number of hydrogen-bond acceptors (Lipinski definition) is 4. The maximum absolute atomic E-state index is 14.3. The fraction of sp³-hybridized carbons (Fsp3) is 0.0476. The second-order valence-corrected chi connectivity index (χ2v) is 6.21. The minimum absolute atomic E-state index is 0.0739.